The standard InChI is InChI=1S/C18H21FN2O4/c19-11-3-1-2-4-12(11)20-7-9-21(10-8-20)17(22)15-13-5-6-14(25-13)16(15)18(23)24/h1-4,13-16H,5-10H2,(H,23,24)/t13-,14+,15+,16-/m1/s1. The first kappa shape index (κ1) is 16.3. The van der Waals surface area contributed by atoms with Crippen LogP contribution in [0.3, 0.4) is 0 Å². The third-order valence-electron chi connectivity index (χ3n) is 5.63. The highest BCUT2D eigenvalue weighted by molar-refractivity contribution is 5.86. The van der Waals surface area contributed by atoms with Crippen LogP contribution in [0.4, 0.5) is 10.1 Å². The minimum Gasteiger partial charge on any atom is -0.481 e. The Morgan fingerprint density at radius 1 is 1.04 bits per heavy atom. The number of para-hydroxylation sites is 1. The van der Waals surface area contributed by atoms with Crippen LogP contribution in [0.2, 0.25) is 0 Å². The van der Waals surface area contributed by atoms with Gasteiger partial charge in [-0.25, -0.2) is 4.39 Å². The van der Waals surface area contributed by atoms with Crippen molar-refractivity contribution in [3.05, 3.63) is 30.1 Å². The normalized spacial score (nSPS) is 31.4. The largest absolute Gasteiger partial charge is 0.481 e. The van der Waals surface area contributed by atoms with Crippen molar-refractivity contribution in [2.45, 2.75) is 25.0 Å². The van der Waals surface area contributed by atoms with Gasteiger partial charge in [0.1, 0.15) is 5.82 Å². The molecule has 0 aromatic heterocycles. The van der Waals surface area contributed by atoms with E-state index in [4.69, 9.17) is 4.74 Å². The Bertz CT molecular complexity index is 689. The molecule has 0 aliphatic carbocycles. The molecule has 1 aromatic rings. The van der Waals surface area contributed by atoms with Crippen LogP contribution in [0.15, 0.2) is 24.3 Å². The monoisotopic (exact) mass is 348 g/mol. The fourth-order valence-corrected chi connectivity index (χ4v) is 4.39. The number of ether oxygens (including phenoxy) is 1. The molecular weight excluding hydrogens is 327 g/mol. The van der Waals surface area contributed by atoms with Crippen molar-refractivity contribution in [1.29, 1.82) is 0 Å². The highest BCUT2D eigenvalue weighted by atomic mass is 19.1. The van der Waals surface area contributed by atoms with Crippen molar-refractivity contribution >= 4 is 17.6 Å². The van der Waals surface area contributed by atoms with Crippen LogP contribution in [0.1, 0.15) is 12.8 Å². The van der Waals surface area contributed by atoms with Gasteiger partial charge >= 0.3 is 5.97 Å². The van der Waals surface area contributed by atoms with Gasteiger partial charge in [0, 0.05) is 26.2 Å². The van der Waals surface area contributed by atoms with Crippen LogP contribution in [0.25, 0.3) is 0 Å². The number of hydrogen-bond acceptors (Lipinski definition) is 4. The molecule has 4 rings (SSSR count). The molecule has 3 aliphatic heterocycles. The number of anilines is 1. The summed E-state index contributed by atoms with van der Waals surface area (Å²) in [6, 6.07) is 6.60. The Balaban J connectivity index is 1.43. The Labute approximate surface area is 145 Å². The number of carboxylic acids is 1. The van der Waals surface area contributed by atoms with Gasteiger partial charge in [0.25, 0.3) is 0 Å². The van der Waals surface area contributed by atoms with E-state index in [9.17, 15) is 19.1 Å². The summed E-state index contributed by atoms with van der Waals surface area (Å²) in [6.07, 6.45) is 0.853. The summed E-state index contributed by atoms with van der Waals surface area (Å²) in [6.45, 7) is 2.00. The fourth-order valence-electron chi connectivity index (χ4n) is 4.39. The second kappa shape index (κ2) is 6.29. The SMILES string of the molecule is O=C(O)[C@H]1[C@@H](C(=O)N2CCN(c3ccccc3F)CC2)[C@H]2CC[C@@H]1O2. The maximum Gasteiger partial charge on any atom is 0.310 e. The van der Waals surface area contributed by atoms with Gasteiger partial charge in [0.2, 0.25) is 5.91 Å². The Kier molecular flexibility index (Phi) is 4.11. The van der Waals surface area contributed by atoms with E-state index in [0.717, 1.165) is 6.42 Å². The molecule has 1 N–H and O–H groups in total. The number of piperazine rings is 1. The van der Waals surface area contributed by atoms with Gasteiger partial charge in [0.15, 0.2) is 0 Å². The summed E-state index contributed by atoms with van der Waals surface area (Å²) >= 11 is 0. The molecule has 3 saturated heterocycles. The molecule has 134 valence electrons. The molecule has 0 radical (unpaired) electrons. The maximum atomic E-state index is 13.9. The lowest BCUT2D eigenvalue weighted by atomic mass is 9.78. The molecule has 1 aromatic carbocycles. The lowest BCUT2D eigenvalue weighted by molar-refractivity contribution is -0.151. The van der Waals surface area contributed by atoms with Crippen LogP contribution in [-0.4, -0.2) is 60.3 Å². The summed E-state index contributed by atoms with van der Waals surface area (Å²) in [5, 5.41) is 9.47. The lowest BCUT2D eigenvalue weighted by Gasteiger charge is -2.38. The molecule has 6 nitrogen and oxygen atoms in total. The van der Waals surface area contributed by atoms with Gasteiger partial charge < -0.3 is 19.6 Å². The third-order valence-corrected chi connectivity index (χ3v) is 5.63. The average molecular weight is 348 g/mol. The lowest BCUT2D eigenvalue weighted by Crippen LogP contribution is -2.53. The van der Waals surface area contributed by atoms with E-state index in [1.807, 2.05) is 4.90 Å². The minimum absolute atomic E-state index is 0.132. The number of benzene rings is 1. The molecule has 3 aliphatic rings. The van der Waals surface area contributed by atoms with Gasteiger partial charge in [-0.15, -0.1) is 0 Å². The first-order chi connectivity index (χ1) is 12.1. The predicted octanol–water partition coefficient (Wildman–Crippen LogP) is 1.35. The van der Waals surface area contributed by atoms with Crippen molar-refractivity contribution in [3.63, 3.8) is 0 Å². The third kappa shape index (κ3) is 2.76. The highest BCUT2D eigenvalue weighted by Crippen LogP contribution is 2.44. The molecule has 0 unspecified atom stereocenters. The summed E-state index contributed by atoms with van der Waals surface area (Å²) in [5.74, 6) is -2.68. The number of carbonyl (C=O) groups is 2. The molecular formula is C18H21FN2O4. The van der Waals surface area contributed by atoms with E-state index in [2.05, 4.69) is 0 Å². The molecule has 4 atom stereocenters. The van der Waals surface area contributed by atoms with Crippen molar-refractivity contribution < 1.29 is 23.8 Å². The predicted molar refractivity (Wildman–Crippen MR) is 87.7 cm³/mol. The van der Waals surface area contributed by atoms with Gasteiger partial charge in [-0.1, -0.05) is 12.1 Å². The van der Waals surface area contributed by atoms with Gasteiger partial charge in [-0.3, -0.25) is 9.59 Å². The molecule has 0 saturated carbocycles. The van der Waals surface area contributed by atoms with Crippen molar-refractivity contribution in [3.8, 4) is 0 Å². The summed E-state index contributed by atoms with van der Waals surface area (Å²) in [5.41, 5.74) is 0.543. The van der Waals surface area contributed by atoms with E-state index in [0.29, 0.717) is 38.3 Å². The number of hydrogen-bond donors (Lipinski definition) is 1. The summed E-state index contributed by atoms with van der Waals surface area (Å²) < 4.78 is 19.6. The molecule has 3 heterocycles. The Morgan fingerprint density at radius 3 is 2.32 bits per heavy atom. The van der Waals surface area contributed by atoms with Crippen molar-refractivity contribution in [2.75, 3.05) is 31.1 Å². The fraction of sp³-hybridized carbons (Fsp3) is 0.556. The smallest absolute Gasteiger partial charge is 0.310 e. The second-order valence-corrected chi connectivity index (χ2v) is 6.94. The first-order valence-corrected chi connectivity index (χ1v) is 8.73. The molecule has 7 heteroatoms. The second-order valence-electron chi connectivity index (χ2n) is 6.94. The average Bonchev–Trinajstić information content (AvgIpc) is 3.23. The van der Waals surface area contributed by atoms with Crippen LogP contribution >= 0.6 is 0 Å². The number of carbonyl (C=O) groups excluding carboxylic acids is 1. The van der Waals surface area contributed by atoms with Crippen LogP contribution in [0, 0.1) is 17.7 Å². The van der Waals surface area contributed by atoms with Gasteiger partial charge in [-0.05, 0) is 25.0 Å². The maximum absolute atomic E-state index is 13.9. The zero-order valence-electron chi connectivity index (χ0n) is 13.8. The van der Waals surface area contributed by atoms with Crippen molar-refractivity contribution in [1.82, 2.24) is 4.90 Å². The zero-order valence-corrected chi connectivity index (χ0v) is 13.8. The minimum atomic E-state index is -0.949. The van der Waals surface area contributed by atoms with Crippen molar-refractivity contribution in [2.24, 2.45) is 11.8 Å². The van der Waals surface area contributed by atoms with Crippen LogP contribution < -0.4 is 4.90 Å². The number of rotatable bonds is 3. The van der Waals surface area contributed by atoms with E-state index in [1.165, 1.54) is 6.07 Å². The van der Waals surface area contributed by atoms with E-state index in [-0.39, 0.29) is 23.9 Å². The van der Waals surface area contributed by atoms with Crippen LogP contribution in [0.5, 0.6) is 0 Å². The molecule has 3 fully saturated rings. The number of halogens is 1. The molecule has 25 heavy (non-hydrogen) atoms. The van der Waals surface area contributed by atoms with Gasteiger partial charge in [0.05, 0.1) is 29.7 Å². The Morgan fingerprint density at radius 2 is 1.68 bits per heavy atom. The first-order valence-electron chi connectivity index (χ1n) is 8.73. The number of aliphatic carboxylic acids is 1. The number of amides is 1. The van der Waals surface area contributed by atoms with Crippen LogP contribution in [-0.2, 0) is 14.3 Å². The topological polar surface area (TPSA) is 70.1 Å². The molecule has 2 bridgehead atoms. The number of nitrogens with zero attached hydrogens (tertiary/aromatic N) is 2. The quantitative estimate of drug-likeness (QED) is 0.893. The van der Waals surface area contributed by atoms with E-state index in [1.54, 1.807) is 23.1 Å². The van der Waals surface area contributed by atoms with E-state index < -0.39 is 17.8 Å². The molecule has 1 amide bonds. The molecule has 0 spiro atoms. The number of fused-ring (bicyclic) bond motifs is 2. The zero-order chi connectivity index (χ0) is 17.6. The Hall–Kier alpha value is -2.15. The number of carboxylic acid groups (broad SMARTS) is 1. The van der Waals surface area contributed by atoms with Gasteiger partial charge in [-0.2, -0.15) is 0 Å². The summed E-state index contributed by atoms with van der Waals surface area (Å²) in [4.78, 5) is 28.1. The van der Waals surface area contributed by atoms with E-state index >= 15 is 0 Å². The summed E-state index contributed by atoms with van der Waals surface area (Å²) in [7, 11) is 0. The highest BCUT2D eigenvalue weighted by Gasteiger charge is 2.56.